The zero-order chi connectivity index (χ0) is 23.6. The zero-order valence-corrected chi connectivity index (χ0v) is 20.3. The quantitative estimate of drug-likeness (QED) is 0.643. The first kappa shape index (κ1) is 23.1. The van der Waals surface area contributed by atoms with Crippen LogP contribution in [0, 0.1) is 28.6 Å². The Labute approximate surface area is 196 Å². The topological polar surface area (TPSA) is 106 Å². The van der Waals surface area contributed by atoms with E-state index in [1.807, 2.05) is 6.07 Å². The molecule has 0 radical (unpaired) electrons. The Morgan fingerprint density at radius 2 is 1.97 bits per heavy atom. The van der Waals surface area contributed by atoms with Crippen molar-refractivity contribution in [2.45, 2.75) is 102 Å². The number of carbonyl (C=O) groups is 1. The van der Waals surface area contributed by atoms with E-state index in [9.17, 15) is 14.7 Å². The summed E-state index contributed by atoms with van der Waals surface area (Å²) in [6.45, 7) is 6.47. The number of carbonyl (C=O) groups excluding carboxylic acids is 1. The third-order valence-electron chi connectivity index (χ3n) is 10.6. The van der Waals surface area contributed by atoms with Crippen LogP contribution in [0.3, 0.4) is 0 Å². The fourth-order valence-electron chi connectivity index (χ4n) is 8.63. The summed E-state index contributed by atoms with van der Waals surface area (Å²) < 4.78 is 5.31. The van der Waals surface area contributed by atoms with Crippen molar-refractivity contribution < 1.29 is 14.3 Å². The average Bonchev–Trinajstić information content (AvgIpc) is 3.09. The number of aliphatic hydroxyl groups is 1. The van der Waals surface area contributed by atoms with Gasteiger partial charge >= 0.3 is 5.63 Å². The summed E-state index contributed by atoms with van der Waals surface area (Å²) in [6, 6.07) is 3.09. The van der Waals surface area contributed by atoms with Crippen LogP contribution in [-0.2, 0) is 4.79 Å². The molecule has 1 heterocycles. The van der Waals surface area contributed by atoms with Crippen molar-refractivity contribution in [2.24, 2.45) is 34.3 Å². The molecule has 1 amide bonds. The van der Waals surface area contributed by atoms with E-state index in [1.54, 1.807) is 13.2 Å². The van der Waals surface area contributed by atoms with Crippen LogP contribution in [-0.4, -0.2) is 28.7 Å². The van der Waals surface area contributed by atoms with Gasteiger partial charge in [0.15, 0.2) is 0 Å². The second-order valence-corrected chi connectivity index (χ2v) is 12.2. The van der Waals surface area contributed by atoms with Crippen molar-refractivity contribution >= 4 is 5.91 Å². The molecule has 4 aliphatic carbocycles. The van der Waals surface area contributed by atoms with Crippen molar-refractivity contribution in [1.29, 1.82) is 0 Å². The van der Waals surface area contributed by atoms with Crippen LogP contribution in [0.25, 0.3) is 0 Å². The molecule has 6 heteroatoms. The van der Waals surface area contributed by atoms with Gasteiger partial charge in [-0.2, -0.15) is 0 Å². The summed E-state index contributed by atoms with van der Waals surface area (Å²) in [5.41, 5.74) is 5.95. The molecule has 5 rings (SSSR count). The summed E-state index contributed by atoms with van der Waals surface area (Å²) in [7, 11) is 0. The van der Waals surface area contributed by atoms with E-state index in [2.05, 4.69) is 19.2 Å². The van der Waals surface area contributed by atoms with Crippen LogP contribution in [0.15, 0.2) is 27.6 Å². The van der Waals surface area contributed by atoms with E-state index in [0.29, 0.717) is 11.8 Å². The molecule has 0 aliphatic heterocycles. The number of rotatable bonds is 3. The highest BCUT2D eigenvalue weighted by atomic mass is 16.4. The van der Waals surface area contributed by atoms with Gasteiger partial charge in [-0.1, -0.05) is 13.8 Å². The number of fused-ring (bicyclic) bond motifs is 5. The SMILES string of the molecule is C[C@H](N)C(=O)N[C@H]1CC[C@@]2(C)[C@H](CC(c3ccc(=O)oc3)[C@H]3[C@@H]2CC[C@@]2(C)CCC[C@]32O)C1. The van der Waals surface area contributed by atoms with E-state index in [-0.39, 0.29) is 40.2 Å². The van der Waals surface area contributed by atoms with Gasteiger partial charge in [0.25, 0.3) is 0 Å². The average molecular weight is 457 g/mol. The highest BCUT2D eigenvalue weighted by molar-refractivity contribution is 5.81. The molecule has 33 heavy (non-hydrogen) atoms. The highest BCUT2D eigenvalue weighted by Gasteiger charge is 2.67. The summed E-state index contributed by atoms with van der Waals surface area (Å²) in [6.07, 6.45) is 10.8. The first-order valence-corrected chi connectivity index (χ1v) is 12.9. The lowest BCUT2D eigenvalue weighted by Crippen LogP contribution is -2.63. The van der Waals surface area contributed by atoms with Crippen LogP contribution < -0.4 is 16.7 Å². The fourth-order valence-corrected chi connectivity index (χ4v) is 8.63. The second-order valence-electron chi connectivity index (χ2n) is 12.2. The molecule has 182 valence electrons. The Balaban J connectivity index is 1.52. The molecule has 0 spiro atoms. The Bertz CT molecular complexity index is 955. The first-order valence-electron chi connectivity index (χ1n) is 12.9. The summed E-state index contributed by atoms with van der Waals surface area (Å²) in [4.78, 5) is 24.0. The number of hydrogen-bond donors (Lipinski definition) is 3. The van der Waals surface area contributed by atoms with Crippen molar-refractivity contribution in [2.75, 3.05) is 0 Å². The number of amides is 1. The Morgan fingerprint density at radius 1 is 1.18 bits per heavy atom. The predicted molar refractivity (Wildman–Crippen MR) is 126 cm³/mol. The van der Waals surface area contributed by atoms with Crippen molar-refractivity contribution in [3.05, 3.63) is 34.4 Å². The van der Waals surface area contributed by atoms with Gasteiger partial charge in [0.05, 0.1) is 17.9 Å². The summed E-state index contributed by atoms with van der Waals surface area (Å²) >= 11 is 0. The molecule has 4 N–H and O–H groups in total. The Kier molecular flexibility index (Phi) is 5.56. The Hall–Kier alpha value is -1.66. The zero-order valence-electron chi connectivity index (χ0n) is 20.3. The maximum Gasteiger partial charge on any atom is 0.335 e. The van der Waals surface area contributed by atoms with Gasteiger partial charge in [-0.15, -0.1) is 0 Å². The van der Waals surface area contributed by atoms with E-state index in [1.165, 1.54) is 6.07 Å². The van der Waals surface area contributed by atoms with Gasteiger partial charge in [0, 0.05) is 12.1 Å². The fraction of sp³-hybridized carbons (Fsp3) is 0.778. The molecule has 9 atom stereocenters. The third-order valence-corrected chi connectivity index (χ3v) is 10.6. The molecule has 1 unspecified atom stereocenters. The highest BCUT2D eigenvalue weighted by Crippen LogP contribution is 2.70. The van der Waals surface area contributed by atoms with Crippen LogP contribution in [0.5, 0.6) is 0 Å². The van der Waals surface area contributed by atoms with E-state index >= 15 is 0 Å². The van der Waals surface area contributed by atoms with Gasteiger partial charge in [-0.25, -0.2) is 4.79 Å². The van der Waals surface area contributed by atoms with Crippen molar-refractivity contribution in [3.8, 4) is 0 Å². The van der Waals surface area contributed by atoms with Crippen molar-refractivity contribution in [3.63, 3.8) is 0 Å². The third kappa shape index (κ3) is 3.51. The monoisotopic (exact) mass is 456 g/mol. The molecule has 4 aliphatic rings. The molecular weight excluding hydrogens is 416 g/mol. The molecule has 0 saturated heterocycles. The lowest BCUT2D eigenvalue weighted by Gasteiger charge is -2.65. The number of nitrogens with one attached hydrogen (secondary N) is 1. The van der Waals surface area contributed by atoms with Crippen LogP contribution in [0.1, 0.15) is 90.0 Å². The van der Waals surface area contributed by atoms with Gasteiger partial charge in [0.1, 0.15) is 0 Å². The van der Waals surface area contributed by atoms with E-state index < -0.39 is 11.6 Å². The maximum absolute atomic E-state index is 12.3. The molecule has 4 saturated carbocycles. The minimum Gasteiger partial charge on any atom is -0.431 e. The smallest absolute Gasteiger partial charge is 0.335 e. The first-order chi connectivity index (χ1) is 15.6. The van der Waals surface area contributed by atoms with E-state index in [4.69, 9.17) is 10.2 Å². The molecule has 4 fully saturated rings. The molecule has 1 aromatic rings. The van der Waals surface area contributed by atoms with E-state index in [0.717, 1.165) is 63.4 Å². The molecule has 0 bridgehead atoms. The minimum atomic E-state index is -0.676. The molecule has 6 nitrogen and oxygen atoms in total. The molecular formula is C27H40N2O4. The van der Waals surface area contributed by atoms with Crippen LogP contribution in [0.4, 0.5) is 0 Å². The maximum atomic E-state index is 12.3. The number of nitrogens with two attached hydrogens (primary N) is 1. The second kappa shape index (κ2) is 7.94. The van der Waals surface area contributed by atoms with Gasteiger partial charge in [0.2, 0.25) is 5.91 Å². The van der Waals surface area contributed by atoms with Crippen molar-refractivity contribution in [1.82, 2.24) is 5.32 Å². The molecule has 1 aromatic heterocycles. The lowest BCUT2D eigenvalue weighted by molar-refractivity contribution is -0.207. The van der Waals surface area contributed by atoms with Gasteiger partial charge in [-0.05, 0) is 111 Å². The van der Waals surface area contributed by atoms with Crippen LogP contribution >= 0.6 is 0 Å². The molecule has 0 aromatic carbocycles. The standard InChI is InChI=1S/C27H40N2O4/c1-16(28)24(31)29-19-7-12-26(3)18(13-19)14-20(17-5-6-22(30)33-15-17)23-21(26)8-11-25(2)9-4-10-27(23,25)32/h5-6,15-16,18-21,23,32H,4,7-14,28H2,1-3H3,(H,29,31)/t16-,18-,19-,20?,21-,23-,25+,26-,27-/m0/s1. The predicted octanol–water partition coefficient (Wildman–Crippen LogP) is 3.71. The van der Waals surface area contributed by atoms with Crippen LogP contribution in [0.2, 0.25) is 0 Å². The summed E-state index contributed by atoms with van der Waals surface area (Å²) in [5, 5.41) is 15.5. The summed E-state index contributed by atoms with van der Waals surface area (Å²) in [5.74, 6) is 1.12. The normalized spacial score (nSPS) is 45.4. The largest absolute Gasteiger partial charge is 0.431 e. The lowest BCUT2D eigenvalue weighted by atomic mass is 9.41. The minimum absolute atomic E-state index is 0.0341. The van der Waals surface area contributed by atoms with Gasteiger partial charge < -0.3 is 20.6 Å². The Morgan fingerprint density at radius 3 is 2.67 bits per heavy atom. The van der Waals surface area contributed by atoms with Gasteiger partial charge in [-0.3, -0.25) is 4.79 Å². The number of hydrogen-bond acceptors (Lipinski definition) is 5.